The van der Waals surface area contributed by atoms with Gasteiger partial charge >= 0.3 is 0 Å². The fraction of sp³-hybridized carbons (Fsp3) is 0.444. The Hall–Kier alpha value is -0.0200. The first-order valence-corrected chi connectivity index (χ1v) is 5.39. The van der Waals surface area contributed by atoms with Crippen molar-refractivity contribution in [1.82, 2.24) is 4.98 Å². The van der Waals surface area contributed by atoms with Gasteiger partial charge in [-0.3, -0.25) is 0 Å². The first-order valence-electron chi connectivity index (χ1n) is 3.78. The second kappa shape index (κ2) is 3.79. The van der Waals surface area contributed by atoms with Crippen LogP contribution < -0.4 is 0 Å². The Morgan fingerprint density at radius 2 is 2.00 bits per heavy atom. The molecule has 0 aliphatic rings. The van der Waals surface area contributed by atoms with E-state index in [2.05, 4.69) is 47.8 Å². The standard InChI is InChI=1S/C9H12BrNS/c1-9(2,3)12-7-4-5-8(10)11-6-7/h4-6H,1-3H3. The summed E-state index contributed by atoms with van der Waals surface area (Å²) in [5.74, 6) is 0. The van der Waals surface area contributed by atoms with Gasteiger partial charge in [-0.1, -0.05) is 20.8 Å². The van der Waals surface area contributed by atoms with Gasteiger partial charge in [-0.15, -0.1) is 11.8 Å². The molecule has 12 heavy (non-hydrogen) atoms. The lowest BCUT2D eigenvalue weighted by molar-refractivity contribution is 0.802. The Morgan fingerprint density at radius 1 is 1.33 bits per heavy atom. The highest BCUT2D eigenvalue weighted by Crippen LogP contribution is 2.31. The molecular weight excluding hydrogens is 234 g/mol. The van der Waals surface area contributed by atoms with Crippen LogP contribution in [-0.4, -0.2) is 9.73 Å². The largest absolute Gasteiger partial charge is 0.248 e. The summed E-state index contributed by atoms with van der Waals surface area (Å²) in [4.78, 5) is 5.37. The van der Waals surface area contributed by atoms with Gasteiger partial charge in [0, 0.05) is 15.8 Å². The summed E-state index contributed by atoms with van der Waals surface area (Å²) in [5, 5.41) is 0. The number of nitrogens with zero attached hydrogens (tertiary/aromatic N) is 1. The maximum absolute atomic E-state index is 4.16. The normalized spacial score (nSPS) is 11.7. The summed E-state index contributed by atoms with van der Waals surface area (Å²) in [7, 11) is 0. The van der Waals surface area contributed by atoms with Crippen molar-refractivity contribution in [2.75, 3.05) is 0 Å². The van der Waals surface area contributed by atoms with E-state index < -0.39 is 0 Å². The minimum Gasteiger partial charge on any atom is -0.248 e. The lowest BCUT2D eigenvalue weighted by Gasteiger charge is -2.16. The Kier molecular flexibility index (Phi) is 3.18. The van der Waals surface area contributed by atoms with E-state index in [4.69, 9.17) is 0 Å². The molecule has 1 aromatic rings. The van der Waals surface area contributed by atoms with Gasteiger partial charge in [0.1, 0.15) is 4.60 Å². The minimum atomic E-state index is 0.259. The molecule has 0 aliphatic heterocycles. The summed E-state index contributed by atoms with van der Waals surface area (Å²) in [5.41, 5.74) is 0. The molecule has 0 atom stereocenters. The highest BCUT2D eigenvalue weighted by Gasteiger charge is 2.11. The highest BCUT2D eigenvalue weighted by atomic mass is 79.9. The van der Waals surface area contributed by atoms with Crippen molar-refractivity contribution in [2.45, 2.75) is 30.4 Å². The van der Waals surface area contributed by atoms with Crippen LogP contribution in [0.2, 0.25) is 0 Å². The Morgan fingerprint density at radius 3 is 2.42 bits per heavy atom. The van der Waals surface area contributed by atoms with Gasteiger partial charge in [-0.2, -0.15) is 0 Å². The number of hydrogen-bond acceptors (Lipinski definition) is 2. The second-order valence-electron chi connectivity index (χ2n) is 3.53. The molecule has 0 amide bonds. The van der Waals surface area contributed by atoms with Crippen molar-refractivity contribution in [3.63, 3.8) is 0 Å². The molecule has 0 saturated carbocycles. The van der Waals surface area contributed by atoms with Crippen LogP contribution in [0.15, 0.2) is 27.8 Å². The van der Waals surface area contributed by atoms with E-state index in [0.717, 1.165) is 4.60 Å². The average molecular weight is 246 g/mol. The van der Waals surface area contributed by atoms with E-state index in [1.54, 1.807) is 0 Å². The van der Waals surface area contributed by atoms with Crippen LogP contribution >= 0.6 is 27.7 Å². The van der Waals surface area contributed by atoms with Gasteiger partial charge in [0.05, 0.1) is 0 Å². The van der Waals surface area contributed by atoms with Gasteiger partial charge in [-0.25, -0.2) is 4.98 Å². The molecule has 0 radical (unpaired) electrons. The third-order valence-electron chi connectivity index (χ3n) is 1.12. The SMILES string of the molecule is CC(C)(C)Sc1ccc(Br)nc1. The molecule has 0 fully saturated rings. The Labute approximate surface area is 86.1 Å². The lowest BCUT2D eigenvalue weighted by Crippen LogP contribution is -2.06. The third kappa shape index (κ3) is 3.59. The maximum Gasteiger partial charge on any atom is 0.106 e. The van der Waals surface area contributed by atoms with Gasteiger partial charge in [0.15, 0.2) is 0 Å². The van der Waals surface area contributed by atoms with Crippen molar-refractivity contribution in [1.29, 1.82) is 0 Å². The molecule has 0 aromatic carbocycles. The number of aromatic nitrogens is 1. The topological polar surface area (TPSA) is 12.9 Å². The van der Waals surface area contributed by atoms with E-state index >= 15 is 0 Å². The summed E-state index contributed by atoms with van der Waals surface area (Å²) < 4.78 is 1.15. The lowest BCUT2D eigenvalue weighted by atomic mass is 10.3. The average Bonchev–Trinajstić information content (AvgIpc) is 1.91. The van der Waals surface area contributed by atoms with Crippen molar-refractivity contribution in [3.05, 3.63) is 22.9 Å². The molecule has 0 saturated heterocycles. The van der Waals surface area contributed by atoms with E-state index in [1.165, 1.54) is 4.90 Å². The highest BCUT2D eigenvalue weighted by molar-refractivity contribution is 9.10. The monoisotopic (exact) mass is 245 g/mol. The van der Waals surface area contributed by atoms with Crippen molar-refractivity contribution in [2.24, 2.45) is 0 Å². The van der Waals surface area contributed by atoms with Crippen molar-refractivity contribution < 1.29 is 0 Å². The molecule has 3 heteroatoms. The van der Waals surface area contributed by atoms with Gasteiger partial charge < -0.3 is 0 Å². The first kappa shape index (κ1) is 10.1. The zero-order valence-corrected chi connectivity index (χ0v) is 9.87. The molecular formula is C9H12BrNS. The Bertz CT molecular complexity index is 250. The van der Waals surface area contributed by atoms with Crippen LogP contribution in [0.25, 0.3) is 0 Å². The minimum absolute atomic E-state index is 0.259. The maximum atomic E-state index is 4.16. The number of rotatable bonds is 1. The molecule has 1 nitrogen and oxygen atoms in total. The Balaban J connectivity index is 2.71. The van der Waals surface area contributed by atoms with Crippen LogP contribution in [0, 0.1) is 0 Å². The fourth-order valence-corrected chi connectivity index (χ4v) is 1.96. The second-order valence-corrected chi connectivity index (χ2v) is 6.24. The fourth-order valence-electron chi connectivity index (χ4n) is 0.776. The summed E-state index contributed by atoms with van der Waals surface area (Å²) >= 11 is 5.13. The molecule has 1 aromatic heterocycles. The third-order valence-corrected chi connectivity index (χ3v) is 2.68. The number of hydrogen-bond donors (Lipinski definition) is 0. The van der Waals surface area contributed by atoms with Crippen LogP contribution in [0.4, 0.5) is 0 Å². The summed E-state index contributed by atoms with van der Waals surface area (Å²) in [6, 6.07) is 4.04. The first-order chi connectivity index (χ1) is 5.47. The molecule has 0 bridgehead atoms. The predicted molar refractivity (Wildman–Crippen MR) is 57.5 cm³/mol. The van der Waals surface area contributed by atoms with Crippen molar-refractivity contribution >= 4 is 27.7 Å². The van der Waals surface area contributed by atoms with Crippen LogP contribution in [0.3, 0.4) is 0 Å². The van der Waals surface area contributed by atoms with E-state index in [9.17, 15) is 0 Å². The van der Waals surface area contributed by atoms with E-state index in [-0.39, 0.29) is 4.75 Å². The van der Waals surface area contributed by atoms with E-state index in [0.29, 0.717) is 0 Å². The van der Waals surface area contributed by atoms with Gasteiger partial charge in [-0.05, 0) is 28.1 Å². The smallest absolute Gasteiger partial charge is 0.106 e. The molecule has 0 unspecified atom stereocenters. The van der Waals surface area contributed by atoms with Crippen LogP contribution in [0.5, 0.6) is 0 Å². The van der Waals surface area contributed by atoms with Gasteiger partial charge in [0.25, 0.3) is 0 Å². The number of thioether (sulfide) groups is 1. The number of halogens is 1. The summed E-state index contributed by atoms with van der Waals surface area (Å²) in [6.45, 7) is 6.58. The van der Waals surface area contributed by atoms with Crippen LogP contribution in [-0.2, 0) is 0 Å². The zero-order valence-electron chi connectivity index (χ0n) is 7.47. The predicted octanol–water partition coefficient (Wildman–Crippen LogP) is 3.73. The zero-order chi connectivity index (χ0) is 9.19. The van der Waals surface area contributed by atoms with Crippen molar-refractivity contribution in [3.8, 4) is 0 Å². The molecule has 1 heterocycles. The van der Waals surface area contributed by atoms with E-state index in [1.807, 2.05) is 24.0 Å². The molecule has 0 aliphatic carbocycles. The number of pyridine rings is 1. The molecule has 66 valence electrons. The van der Waals surface area contributed by atoms with Gasteiger partial charge in [0.2, 0.25) is 0 Å². The molecule has 1 rings (SSSR count). The molecule has 0 N–H and O–H groups in total. The summed E-state index contributed by atoms with van der Waals surface area (Å²) in [6.07, 6.45) is 1.89. The molecule has 0 spiro atoms. The van der Waals surface area contributed by atoms with Crippen LogP contribution in [0.1, 0.15) is 20.8 Å². The quantitative estimate of drug-likeness (QED) is 0.553.